The normalized spacial score (nSPS) is 23.6. The van der Waals surface area contributed by atoms with Gasteiger partial charge in [0, 0.05) is 25.1 Å². The number of nitrogens with one attached hydrogen (secondary N) is 1. The summed E-state index contributed by atoms with van der Waals surface area (Å²) in [5.74, 6) is -0.895. The van der Waals surface area contributed by atoms with Gasteiger partial charge in [-0.15, -0.1) is 0 Å². The molecule has 5 rings (SSSR count). The number of nitrogens with zero attached hydrogens (tertiary/aromatic N) is 4. The van der Waals surface area contributed by atoms with Gasteiger partial charge in [0.2, 0.25) is 0 Å². The number of hydrogen-bond acceptors (Lipinski definition) is 6. The molecular weight excluding hydrogens is 527 g/mol. The molecule has 2 atom stereocenters. The number of amides is 2. The fourth-order valence-corrected chi connectivity index (χ4v) is 5.92. The SMILES string of the molecule is COc1cc2c(cc1C(=O)N[C@]1(C#N)CCOC1)-c1c(CC(F)(F)F)cc(C(=O)N3CCC[C@]3(C)C#N)n1CC2. The number of halogens is 3. The van der Waals surface area contributed by atoms with Crippen LogP contribution in [0.25, 0.3) is 11.3 Å². The summed E-state index contributed by atoms with van der Waals surface area (Å²) in [7, 11) is 1.39. The molecule has 12 heteroatoms. The van der Waals surface area contributed by atoms with Crippen LogP contribution in [0.2, 0.25) is 0 Å². The van der Waals surface area contributed by atoms with Gasteiger partial charge in [-0.25, -0.2) is 0 Å². The number of aromatic nitrogens is 1. The Morgan fingerprint density at radius 1 is 1.18 bits per heavy atom. The van der Waals surface area contributed by atoms with Crippen LogP contribution in [0.1, 0.15) is 58.2 Å². The molecular formula is C28H28F3N5O4. The minimum absolute atomic E-state index is 0.0185. The third-order valence-corrected chi connectivity index (χ3v) is 8.03. The first-order valence-electron chi connectivity index (χ1n) is 13.0. The smallest absolute Gasteiger partial charge is 0.393 e. The first-order valence-corrected chi connectivity index (χ1v) is 13.0. The molecule has 3 aliphatic rings. The van der Waals surface area contributed by atoms with Crippen molar-refractivity contribution >= 4 is 11.8 Å². The number of benzene rings is 1. The Morgan fingerprint density at radius 2 is 1.95 bits per heavy atom. The summed E-state index contributed by atoms with van der Waals surface area (Å²) in [6.45, 7) is 2.56. The molecule has 2 saturated heterocycles. The maximum atomic E-state index is 13.7. The summed E-state index contributed by atoms with van der Waals surface area (Å²) in [6.07, 6.45) is -4.04. The lowest BCUT2D eigenvalue weighted by Crippen LogP contribution is -2.48. The van der Waals surface area contributed by atoms with E-state index in [4.69, 9.17) is 9.47 Å². The number of nitriles is 2. The maximum absolute atomic E-state index is 13.7. The van der Waals surface area contributed by atoms with Crippen molar-refractivity contribution in [3.05, 3.63) is 40.6 Å². The number of aryl methyl sites for hydroxylation is 1. The van der Waals surface area contributed by atoms with Crippen molar-refractivity contribution < 1.29 is 32.2 Å². The number of carbonyl (C=O) groups excluding carboxylic acids is 2. The van der Waals surface area contributed by atoms with Gasteiger partial charge < -0.3 is 24.3 Å². The van der Waals surface area contributed by atoms with E-state index in [1.807, 2.05) is 0 Å². The van der Waals surface area contributed by atoms with Gasteiger partial charge in [0.25, 0.3) is 11.8 Å². The lowest BCUT2D eigenvalue weighted by Gasteiger charge is -2.30. The lowest BCUT2D eigenvalue weighted by atomic mass is 9.92. The summed E-state index contributed by atoms with van der Waals surface area (Å²) in [5.41, 5.74) is -0.964. The molecule has 4 heterocycles. The zero-order valence-electron chi connectivity index (χ0n) is 22.2. The van der Waals surface area contributed by atoms with Gasteiger partial charge in [0.1, 0.15) is 17.0 Å². The second-order valence-electron chi connectivity index (χ2n) is 10.7. The Bertz CT molecular complexity index is 1460. The van der Waals surface area contributed by atoms with Crippen LogP contribution in [0.3, 0.4) is 0 Å². The predicted octanol–water partition coefficient (Wildman–Crippen LogP) is 3.76. The van der Waals surface area contributed by atoms with E-state index in [-0.39, 0.29) is 41.4 Å². The number of likely N-dealkylation sites (tertiary alicyclic amines) is 1. The van der Waals surface area contributed by atoms with E-state index in [0.29, 0.717) is 50.0 Å². The summed E-state index contributed by atoms with van der Waals surface area (Å²) < 4.78 is 53.5. The van der Waals surface area contributed by atoms with Gasteiger partial charge in [-0.3, -0.25) is 9.59 Å². The highest BCUT2D eigenvalue weighted by atomic mass is 19.4. The van der Waals surface area contributed by atoms with Gasteiger partial charge in [0.05, 0.1) is 50.1 Å². The highest BCUT2D eigenvalue weighted by Gasteiger charge is 2.43. The average Bonchev–Trinajstić information content (AvgIpc) is 3.64. The minimum Gasteiger partial charge on any atom is -0.496 e. The molecule has 2 amide bonds. The van der Waals surface area contributed by atoms with E-state index >= 15 is 0 Å². The molecule has 40 heavy (non-hydrogen) atoms. The van der Waals surface area contributed by atoms with E-state index < -0.39 is 35.5 Å². The number of methoxy groups -OCH3 is 1. The molecule has 210 valence electrons. The molecule has 0 bridgehead atoms. The first kappa shape index (κ1) is 27.5. The van der Waals surface area contributed by atoms with Gasteiger partial charge in [-0.05, 0) is 55.5 Å². The number of alkyl halides is 3. The van der Waals surface area contributed by atoms with E-state index in [1.54, 1.807) is 17.6 Å². The Labute approximate surface area is 229 Å². The Hall–Kier alpha value is -4.03. The number of fused-ring (bicyclic) bond motifs is 3. The average molecular weight is 556 g/mol. The van der Waals surface area contributed by atoms with Gasteiger partial charge >= 0.3 is 6.18 Å². The molecule has 2 aromatic rings. The molecule has 1 N–H and O–H groups in total. The van der Waals surface area contributed by atoms with Gasteiger partial charge in [0.15, 0.2) is 5.54 Å². The molecule has 1 aromatic heterocycles. The monoisotopic (exact) mass is 555 g/mol. The van der Waals surface area contributed by atoms with E-state index in [0.717, 1.165) is 0 Å². The third kappa shape index (κ3) is 4.66. The van der Waals surface area contributed by atoms with Crippen molar-refractivity contribution in [2.24, 2.45) is 0 Å². The largest absolute Gasteiger partial charge is 0.496 e. The van der Waals surface area contributed by atoms with Crippen LogP contribution in [0.5, 0.6) is 5.75 Å². The van der Waals surface area contributed by atoms with Crippen LogP contribution in [-0.4, -0.2) is 65.4 Å². The van der Waals surface area contributed by atoms with Crippen LogP contribution in [0.15, 0.2) is 18.2 Å². The Morgan fingerprint density at radius 3 is 2.58 bits per heavy atom. The van der Waals surface area contributed by atoms with Crippen LogP contribution < -0.4 is 10.1 Å². The van der Waals surface area contributed by atoms with Crippen molar-refractivity contribution in [2.45, 2.75) is 62.8 Å². The Balaban J connectivity index is 1.62. The summed E-state index contributed by atoms with van der Waals surface area (Å²) in [6, 6.07) is 8.63. The van der Waals surface area contributed by atoms with Crippen LogP contribution in [0, 0.1) is 22.7 Å². The lowest BCUT2D eigenvalue weighted by molar-refractivity contribution is -0.127. The highest BCUT2D eigenvalue weighted by Crippen LogP contribution is 2.41. The number of hydrogen-bond donors (Lipinski definition) is 1. The van der Waals surface area contributed by atoms with E-state index in [1.165, 1.54) is 24.1 Å². The molecule has 2 fully saturated rings. The summed E-state index contributed by atoms with van der Waals surface area (Å²) in [4.78, 5) is 28.5. The van der Waals surface area contributed by atoms with Crippen molar-refractivity contribution in [3.63, 3.8) is 0 Å². The molecule has 9 nitrogen and oxygen atoms in total. The zero-order valence-corrected chi connectivity index (χ0v) is 22.2. The standard InChI is InChI=1S/C28H28F3N5O4/c1-26(14-32)5-3-7-36(26)25(38)21-10-18(13-28(29,30)31)23-19-12-20(22(39-2)11-17(19)4-8-35(21)23)24(37)34-27(15-33)6-9-40-16-27/h10-12H,3-9,13,16H2,1-2H3,(H,34,37)/t26-,27+/m1/s1. The summed E-state index contributed by atoms with van der Waals surface area (Å²) in [5, 5.41) is 22.1. The highest BCUT2D eigenvalue weighted by molar-refractivity contribution is 6.00. The van der Waals surface area contributed by atoms with Gasteiger partial charge in [-0.1, -0.05) is 0 Å². The molecule has 0 saturated carbocycles. The predicted molar refractivity (Wildman–Crippen MR) is 135 cm³/mol. The van der Waals surface area contributed by atoms with E-state index in [2.05, 4.69) is 17.5 Å². The number of ether oxygens (including phenoxy) is 2. The second-order valence-corrected chi connectivity index (χ2v) is 10.7. The van der Waals surface area contributed by atoms with Crippen molar-refractivity contribution in [1.82, 2.24) is 14.8 Å². The molecule has 0 radical (unpaired) electrons. The summed E-state index contributed by atoms with van der Waals surface area (Å²) >= 11 is 0. The van der Waals surface area contributed by atoms with Crippen molar-refractivity contribution in [1.29, 1.82) is 10.5 Å². The van der Waals surface area contributed by atoms with Crippen molar-refractivity contribution in [2.75, 3.05) is 26.9 Å². The van der Waals surface area contributed by atoms with Gasteiger partial charge in [-0.2, -0.15) is 23.7 Å². The molecule has 0 spiro atoms. The fraction of sp³-hybridized carbons (Fsp3) is 0.500. The number of rotatable bonds is 5. The number of carbonyl (C=O) groups is 2. The quantitative estimate of drug-likeness (QED) is 0.600. The second kappa shape index (κ2) is 9.86. The fourth-order valence-electron chi connectivity index (χ4n) is 5.92. The van der Waals surface area contributed by atoms with Crippen molar-refractivity contribution in [3.8, 4) is 29.1 Å². The molecule has 0 aliphatic carbocycles. The molecule has 0 unspecified atom stereocenters. The molecule has 1 aromatic carbocycles. The van der Waals surface area contributed by atoms with Crippen LogP contribution in [0.4, 0.5) is 13.2 Å². The topological polar surface area (TPSA) is 120 Å². The van der Waals surface area contributed by atoms with E-state index in [9.17, 15) is 33.3 Å². The third-order valence-electron chi connectivity index (χ3n) is 8.03. The van der Waals surface area contributed by atoms with Crippen LogP contribution >= 0.6 is 0 Å². The zero-order chi connectivity index (χ0) is 28.9. The Kier molecular flexibility index (Phi) is 6.79. The first-order chi connectivity index (χ1) is 18.9. The minimum atomic E-state index is -4.55. The van der Waals surface area contributed by atoms with Crippen LogP contribution in [-0.2, 0) is 24.1 Å². The maximum Gasteiger partial charge on any atom is 0.393 e. The molecule has 3 aliphatic heterocycles.